The van der Waals surface area contributed by atoms with E-state index in [1.54, 1.807) is 0 Å². The maximum absolute atomic E-state index is 11.8. The maximum atomic E-state index is 11.8. The molecule has 1 aromatic carbocycles. The maximum Gasteiger partial charge on any atom is 0.271 e. The molecule has 1 heterocycles. The quantitative estimate of drug-likeness (QED) is 0.417. The van der Waals surface area contributed by atoms with Crippen molar-refractivity contribution in [3.8, 4) is 5.75 Å². The molecule has 0 radical (unpaired) electrons. The Morgan fingerprint density at radius 2 is 2.26 bits per heavy atom. The summed E-state index contributed by atoms with van der Waals surface area (Å²) in [5, 5.41) is 25.0. The highest BCUT2D eigenvalue weighted by molar-refractivity contribution is 6.00. The molecule has 0 aromatic heterocycles. The second kappa shape index (κ2) is 4.92. The third-order valence-electron chi connectivity index (χ3n) is 2.76. The van der Waals surface area contributed by atoms with Gasteiger partial charge >= 0.3 is 0 Å². The van der Waals surface area contributed by atoms with E-state index >= 15 is 0 Å². The van der Waals surface area contributed by atoms with E-state index in [-0.39, 0.29) is 29.5 Å². The number of carbonyl (C=O) groups excluding carboxylic acids is 2. The molecule has 0 saturated carbocycles. The second-order valence-corrected chi connectivity index (χ2v) is 4.11. The number of phenolic OH excluding ortho intramolecular Hbond substituents is 1. The number of benzene rings is 1. The number of nitrogens with zero attached hydrogens (tertiary/aromatic N) is 1. The van der Waals surface area contributed by atoms with Crippen molar-refractivity contribution in [2.45, 2.75) is 18.9 Å². The molecule has 1 atom stereocenters. The molecule has 2 amide bonds. The molecule has 19 heavy (non-hydrogen) atoms. The third-order valence-corrected chi connectivity index (χ3v) is 2.76. The van der Waals surface area contributed by atoms with Gasteiger partial charge in [0, 0.05) is 18.6 Å². The Balaban J connectivity index is 2.14. The van der Waals surface area contributed by atoms with Crippen LogP contribution in [0, 0.1) is 10.1 Å². The number of nitrogens with one attached hydrogen (secondary N) is 2. The summed E-state index contributed by atoms with van der Waals surface area (Å²) >= 11 is 0. The topological polar surface area (TPSA) is 122 Å². The molecule has 1 aliphatic heterocycles. The first-order valence-corrected chi connectivity index (χ1v) is 5.55. The van der Waals surface area contributed by atoms with Gasteiger partial charge in [0.15, 0.2) is 0 Å². The number of non-ortho nitro benzene ring substituents is 1. The summed E-state index contributed by atoms with van der Waals surface area (Å²) in [4.78, 5) is 32.7. The van der Waals surface area contributed by atoms with Gasteiger partial charge in [-0.2, -0.15) is 0 Å². The number of hydrogen-bond donors (Lipinski definition) is 3. The number of amides is 2. The van der Waals surface area contributed by atoms with Crippen molar-refractivity contribution in [3.05, 3.63) is 28.3 Å². The molecule has 0 bridgehead atoms. The van der Waals surface area contributed by atoms with Crippen molar-refractivity contribution in [1.82, 2.24) is 5.32 Å². The molecule has 0 unspecified atom stereocenters. The third kappa shape index (κ3) is 2.79. The van der Waals surface area contributed by atoms with Gasteiger partial charge < -0.3 is 15.7 Å². The molecule has 1 fully saturated rings. The van der Waals surface area contributed by atoms with Gasteiger partial charge in [-0.05, 0) is 12.5 Å². The summed E-state index contributed by atoms with van der Waals surface area (Å²) in [5.74, 6) is -1.01. The normalized spacial score (nSPS) is 17.9. The number of aromatic hydroxyl groups is 1. The van der Waals surface area contributed by atoms with Crippen LogP contribution in [0.1, 0.15) is 12.8 Å². The number of nitro benzene ring substituents is 1. The first kappa shape index (κ1) is 12.8. The van der Waals surface area contributed by atoms with E-state index < -0.39 is 16.9 Å². The minimum atomic E-state index is -0.675. The number of nitro groups is 1. The fraction of sp³-hybridized carbons (Fsp3) is 0.273. The average Bonchev–Trinajstić information content (AvgIpc) is 2.78. The Kier molecular flexibility index (Phi) is 3.32. The first-order chi connectivity index (χ1) is 8.97. The lowest BCUT2D eigenvalue weighted by Gasteiger charge is -2.11. The van der Waals surface area contributed by atoms with Crippen molar-refractivity contribution in [2.24, 2.45) is 0 Å². The van der Waals surface area contributed by atoms with Gasteiger partial charge in [0.2, 0.25) is 11.8 Å². The van der Waals surface area contributed by atoms with Crippen molar-refractivity contribution in [3.63, 3.8) is 0 Å². The lowest BCUT2D eigenvalue weighted by Crippen LogP contribution is -2.37. The number of anilines is 1. The monoisotopic (exact) mass is 265 g/mol. The average molecular weight is 265 g/mol. The Labute approximate surface area is 107 Å². The van der Waals surface area contributed by atoms with Crippen LogP contribution in [0.2, 0.25) is 0 Å². The molecule has 0 spiro atoms. The fourth-order valence-electron chi connectivity index (χ4n) is 1.77. The van der Waals surface area contributed by atoms with Crippen LogP contribution in [0.3, 0.4) is 0 Å². The smallest absolute Gasteiger partial charge is 0.271 e. The van der Waals surface area contributed by atoms with Gasteiger partial charge in [-0.15, -0.1) is 0 Å². The van der Waals surface area contributed by atoms with E-state index in [9.17, 15) is 24.8 Å². The number of carbonyl (C=O) groups is 2. The van der Waals surface area contributed by atoms with Crippen LogP contribution in [0.4, 0.5) is 11.4 Å². The summed E-state index contributed by atoms with van der Waals surface area (Å²) in [6.07, 6.45) is 0.624. The Bertz CT molecular complexity index is 557. The second-order valence-electron chi connectivity index (χ2n) is 4.11. The predicted molar refractivity (Wildman–Crippen MR) is 64.6 cm³/mol. The first-order valence-electron chi connectivity index (χ1n) is 5.55. The van der Waals surface area contributed by atoms with E-state index in [0.717, 1.165) is 18.2 Å². The summed E-state index contributed by atoms with van der Waals surface area (Å²) in [5.41, 5.74) is -0.302. The summed E-state index contributed by atoms with van der Waals surface area (Å²) < 4.78 is 0. The molecule has 0 aliphatic carbocycles. The Hall–Kier alpha value is -2.64. The molecule has 1 aliphatic rings. The van der Waals surface area contributed by atoms with E-state index in [2.05, 4.69) is 10.6 Å². The predicted octanol–water partition coefficient (Wildman–Crippen LogP) is 0.517. The molecular weight excluding hydrogens is 254 g/mol. The summed E-state index contributed by atoms with van der Waals surface area (Å²) in [6, 6.07) is 2.64. The molecule has 8 heteroatoms. The van der Waals surface area contributed by atoms with Crippen LogP contribution in [0.15, 0.2) is 18.2 Å². The van der Waals surface area contributed by atoms with Gasteiger partial charge in [-0.3, -0.25) is 19.7 Å². The molecule has 3 N–H and O–H groups in total. The minimum absolute atomic E-state index is 0.0552. The van der Waals surface area contributed by atoms with Gasteiger partial charge in [-0.1, -0.05) is 0 Å². The number of rotatable bonds is 3. The zero-order valence-electron chi connectivity index (χ0n) is 9.75. The van der Waals surface area contributed by atoms with E-state index in [4.69, 9.17) is 0 Å². The van der Waals surface area contributed by atoms with Crippen molar-refractivity contribution in [2.75, 3.05) is 5.32 Å². The Morgan fingerprint density at radius 1 is 1.53 bits per heavy atom. The molecule has 2 rings (SSSR count). The highest BCUT2D eigenvalue weighted by Gasteiger charge is 2.27. The Morgan fingerprint density at radius 3 is 2.84 bits per heavy atom. The summed E-state index contributed by atoms with van der Waals surface area (Å²) in [6.45, 7) is 0. The van der Waals surface area contributed by atoms with Crippen LogP contribution in [0.5, 0.6) is 5.75 Å². The van der Waals surface area contributed by atoms with Crippen LogP contribution in [0.25, 0.3) is 0 Å². The van der Waals surface area contributed by atoms with Crippen LogP contribution in [-0.2, 0) is 9.59 Å². The lowest BCUT2D eigenvalue weighted by molar-refractivity contribution is -0.384. The lowest BCUT2D eigenvalue weighted by atomic mass is 10.2. The van der Waals surface area contributed by atoms with Crippen LogP contribution < -0.4 is 10.6 Å². The largest absolute Gasteiger partial charge is 0.506 e. The minimum Gasteiger partial charge on any atom is -0.506 e. The number of hydrogen-bond acceptors (Lipinski definition) is 5. The van der Waals surface area contributed by atoms with Gasteiger partial charge in [0.25, 0.3) is 5.69 Å². The zero-order valence-corrected chi connectivity index (χ0v) is 9.75. The van der Waals surface area contributed by atoms with Crippen molar-refractivity contribution in [1.29, 1.82) is 0 Å². The van der Waals surface area contributed by atoms with E-state index in [1.807, 2.05) is 0 Å². The molecule has 8 nitrogen and oxygen atoms in total. The molecule has 100 valence electrons. The summed E-state index contributed by atoms with van der Waals surface area (Å²) in [7, 11) is 0. The number of phenols is 1. The highest BCUT2D eigenvalue weighted by Crippen LogP contribution is 2.28. The standard InChI is InChI=1S/C11H11N3O5/c15-9-3-1-6(14(18)19)5-8(9)13-11(17)7-2-4-10(16)12-7/h1,3,5,7,15H,2,4H2,(H,12,16)(H,13,17)/t7-/m1/s1. The molecular formula is C11H11N3O5. The molecule has 1 aromatic rings. The highest BCUT2D eigenvalue weighted by atomic mass is 16.6. The van der Waals surface area contributed by atoms with Gasteiger partial charge in [0.1, 0.15) is 11.8 Å². The van der Waals surface area contributed by atoms with Crippen molar-refractivity contribution < 1.29 is 19.6 Å². The molecule has 1 saturated heterocycles. The van der Waals surface area contributed by atoms with Gasteiger partial charge in [0.05, 0.1) is 10.6 Å². The van der Waals surface area contributed by atoms with E-state index in [0.29, 0.717) is 6.42 Å². The van der Waals surface area contributed by atoms with Crippen LogP contribution in [-0.4, -0.2) is 27.9 Å². The van der Waals surface area contributed by atoms with E-state index in [1.165, 1.54) is 0 Å². The zero-order chi connectivity index (χ0) is 14.0. The van der Waals surface area contributed by atoms with Crippen molar-refractivity contribution >= 4 is 23.2 Å². The SMILES string of the molecule is O=C1CC[C@H](C(=O)Nc2cc([N+](=O)[O-])ccc2O)N1. The van der Waals surface area contributed by atoms with Gasteiger partial charge in [-0.25, -0.2) is 0 Å². The van der Waals surface area contributed by atoms with Crippen LogP contribution >= 0.6 is 0 Å². The fourth-order valence-corrected chi connectivity index (χ4v) is 1.77.